The molecule has 0 radical (unpaired) electrons. The number of urea groups is 1. The molecule has 0 spiro atoms. The van der Waals surface area contributed by atoms with Crippen LogP contribution in [0.4, 0.5) is 10.5 Å². The summed E-state index contributed by atoms with van der Waals surface area (Å²) in [5.74, 6) is 0.0581. The van der Waals surface area contributed by atoms with Gasteiger partial charge in [0.25, 0.3) is 0 Å². The van der Waals surface area contributed by atoms with E-state index in [0.717, 1.165) is 18.4 Å². The molecule has 150 valence electrons. The number of hydrogen-bond donors (Lipinski definition) is 3. The Morgan fingerprint density at radius 2 is 1.68 bits per heavy atom. The number of carbonyl (C=O) groups is 2. The lowest BCUT2D eigenvalue weighted by atomic mass is 10.1. The molecule has 0 atom stereocenters. The monoisotopic (exact) mass is 382 g/mol. The fourth-order valence-electron chi connectivity index (χ4n) is 2.83. The van der Waals surface area contributed by atoms with Crippen molar-refractivity contribution in [3.8, 4) is 0 Å². The first-order valence-electron chi connectivity index (χ1n) is 9.78. The Hall–Kier alpha value is -2.86. The summed E-state index contributed by atoms with van der Waals surface area (Å²) in [5, 5.41) is 5.54. The van der Waals surface area contributed by atoms with Gasteiger partial charge in [-0.15, -0.1) is 0 Å². The molecule has 0 aromatic heterocycles. The van der Waals surface area contributed by atoms with Gasteiger partial charge in [0.15, 0.2) is 0 Å². The Balaban J connectivity index is 1.88. The first kappa shape index (κ1) is 21.4. The van der Waals surface area contributed by atoms with E-state index in [9.17, 15) is 9.59 Å². The van der Waals surface area contributed by atoms with Gasteiger partial charge in [-0.05, 0) is 36.1 Å². The third-order valence-electron chi connectivity index (χ3n) is 4.37. The maximum Gasteiger partial charge on any atom is 0.319 e. The van der Waals surface area contributed by atoms with Gasteiger partial charge in [-0.1, -0.05) is 49.4 Å². The van der Waals surface area contributed by atoms with Crippen LogP contribution in [-0.4, -0.2) is 43.0 Å². The molecule has 0 heterocycles. The van der Waals surface area contributed by atoms with Crippen LogP contribution in [0.25, 0.3) is 0 Å². The van der Waals surface area contributed by atoms with Gasteiger partial charge in [0, 0.05) is 31.9 Å². The highest BCUT2D eigenvalue weighted by atomic mass is 16.2. The van der Waals surface area contributed by atoms with Gasteiger partial charge in [-0.3, -0.25) is 4.79 Å². The van der Waals surface area contributed by atoms with Crippen LogP contribution in [0.15, 0.2) is 54.6 Å². The van der Waals surface area contributed by atoms with E-state index in [0.29, 0.717) is 38.3 Å². The number of benzene rings is 2. The lowest BCUT2D eigenvalue weighted by Crippen LogP contribution is -2.37. The van der Waals surface area contributed by atoms with Crippen molar-refractivity contribution < 1.29 is 9.59 Å². The normalized spacial score (nSPS) is 10.4. The Morgan fingerprint density at radius 3 is 2.32 bits per heavy atom. The predicted molar refractivity (Wildman–Crippen MR) is 113 cm³/mol. The molecular weight excluding hydrogens is 352 g/mol. The number of hydrogen-bond acceptors (Lipinski definition) is 3. The lowest BCUT2D eigenvalue weighted by Gasteiger charge is -2.22. The van der Waals surface area contributed by atoms with Crippen molar-refractivity contribution in [3.63, 3.8) is 0 Å². The van der Waals surface area contributed by atoms with E-state index in [-0.39, 0.29) is 11.9 Å². The lowest BCUT2D eigenvalue weighted by molar-refractivity contribution is -0.130. The molecule has 2 aromatic carbocycles. The van der Waals surface area contributed by atoms with Crippen molar-refractivity contribution in [1.82, 2.24) is 10.2 Å². The zero-order valence-electron chi connectivity index (χ0n) is 16.5. The molecule has 6 nitrogen and oxygen atoms in total. The summed E-state index contributed by atoms with van der Waals surface area (Å²) in [5.41, 5.74) is 8.50. The summed E-state index contributed by atoms with van der Waals surface area (Å²) in [6, 6.07) is 17.2. The van der Waals surface area contributed by atoms with Crippen LogP contribution in [0, 0.1) is 0 Å². The Kier molecular flexibility index (Phi) is 9.01. The second-order valence-corrected chi connectivity index (χ2v) is 6.66. The largest absolute Gasteiger partial charge is 0.341 e. The number of amides is 3. The van der Waals surface area contributed by atoms with Crippen molar-refractivity contribution >= 4 is 17.6 Å². The number of anilines is 1. The smallest absolute Gasteiger partial charge is 0.319 e. The molecule has 0 fully saturated rings. The van der Waals surface area contributed by atoms with Crippen LogP contribution in [-0.2, 0) is 17.6 Å². The summed E-state index contributed by atoms with van der Waals surface area (Å²) in [7, 11) is 0. The van der Waals surface area contributed by atoms with Gasteiger partial charge in [0.05, 0.1) is 6.42 Å². The highest BCUT2D eigenvalue weighted by Crippen LogP contribution is 2.11. The first-order chi connectivity index (χ1) is 13.6. The molecule has 0 saturated heterocycles. The quantitative estimate of drug-likeness (QED) is 0.590. The SMILES string of the molecule is CCCNC(=O)Nc1ccc(CC(=O)N(CCN)CCc2ccccc2)cc1. The molecule has 28 heavy (non-hydrogen) atoms. The van der Waals surface area contributed by atoms with Gasteiger partial charge in [0.2, 0.25) is 5.91 Å². The van der Waals surface area contributed by atoms with Crippen molar-refractivity contribution in [2.45, 2.75) is 26.2 Å². The number of rotatable bonds is 10. The van der Waals surface area contributed by atoms with Crippen molar-refractivity contribution in [2.24, 2.45) is 5.73 Å². The predicted octanol–water partition coefficient (Wildman–Crippen LogP) is 2.79. The summed E-state index contributed by atoms with van der Waals surface area (Å²) in [6.07, 6.45) is 2.01. The van der Waals surface area contributed by atoms with Crippen molar-refractivity contribution in [2.75, 3.05) is 31.5 Å². The molecular formula is C22H30N4O2. The average molecular weight is 383 g/mol. The van der Waals surface area contributed by atoms with Gasteiger partial charge < -0.3 is 21.3 Å². The van der Waals surface area contributed by atoms with Gasteiger partial charge in [0.1, 0.15) is 0 Å². The highest BCUT2D eigenvalue weighted by Gasteiger charge is 2.13. The van der Waals surface area contributed by atoms with Crippen LogP contribution >= 0.6 is 0 Å². The van der Waals surface area contributed by atoms with Gasteiger partial charge >= 0.3 is 6.03 Å². The van der Waals surface area contributed by atoms with Crippen LogP contribution in [0.5, 0.6) is 0 Å². The minimum absolute atomic E-state index is 0.0581. The fraction of sp³-hybridized carbons (Fsp3) is 0.364. The maximum absolute atomic E-state index is 12.7. The van der Waals surface area contributed by atoms with Crippen LogP contribution in [0.2, 0.25) is 0 Å². The zero-order valence-corrected chi connectivity index (χ0v) is 16.5. The number of carbonyl (C=O) groups excluding carboxylic acids is 2. The van der Waals surface area contributed by atoms with E-state index in [1.165, 1.54) is 5.56 Å². The molecule has 0 aliphatic carbocycles. The molecule has 3 amide bonds. The fourth-order valence-corrected chi connectivity index (χ4v) is 2.83. The molecule has 6 heteroatoms. The van der Waals surface area contributed by atoms with E-state index in [2.05, 4.69) is 22.8 Å². The second-order valence-electron chi connectivity index (χ2n) is 6.66. The van der Waals surface area contributed by atoms with Crippen LogP contribution in [0.3, 0.4) is 0 Å². The molecule has 0 bridgehead atoms. The minimum Gasteiger partial charge on any atom is -0.341 e. The first-order valence-corrected chi connectivity index (χ1v) is 9.78. The number of nitrogens with one attached hydrogen (secondary N) is 2. The van der Waals surface area contributed by atoms with Crippen LogP contribution in [0.1, 0.15) is 24.5 Å². The van der Waals surface area contributed by atoms with Gasteiger partial charge in [-0.25, -0.2) is 4.79 Å². The molecule has 2 aromatic rings. The van der Waals surface area contributed by atoms with Crippen LogP contribution < -0.4 is 16.4 Å². The second kappa shape index (κ2) is 11.8. The Bertz CT molecular complexity index is 732. The summed E-state index contributed by atoms with van der Waals surface area (Å²) in [6.45, 7) is 4.27. The molecule has 0 aliphatic heterocycles. The molecule has 2 rings (SSSR count). The van der Waals surface area contributed by atoms with E-state index < -0.39 is 0 Å². The average Bonchev–Trinajstić information content (AvgIpc) is 2.71. The minimum atomic E-state index is -0.222. The van der Waals surface area contributed by atoms with E-state index >= 15 is 0 Å². The standard InChI is InChI=1S/C22H30N4O2/c1-2-14-24-22(28)25-20-10-8-19(9-11-20)17-21(27)26(16-13-23)15-12-18-6-4-3-5-7-18/h3-11H,2,12-17,23H2,1H3,(H2,24,25,28). The zero-order chi connectivity index (χ0) is 20.2. The topological polar surface area (TPSA) is 87.5 Å². The number of nitrogens with zero attached hydrogens (tertiary/aromatic N) is 1. The molecule has 0 unspecified atom stereocenters. The van der Waals surface area contributed by atoms with Crippen molar-refractivity contribution in [3.05, 3.63) is 65.7 Å². The van der Waals surface area contributed by atoms with E-state index in [1.807, 2.05) is 54.3 Å². The third-order valence-corrected chi connectivity index (χ3v) is 4.37. The molecule has 0 aliphatic rings. The third kappa shape index (κ3) is 7.40. The summed E-state index contributed by atoms with van der Waals surface area (Å²) in [4.78, 5) is 26.2. The Labute approximate surface area is 167 Å². The van der Waals surface area contributed by atoms with E-state index in [1.54, 1.807) is 0 Å². The summed E-state index contributed by atoms with van der Waals surface area (Å²) < 4.78 is 0. The Morgan fingerprint density at radius 1 is 0.964 bits per heavy atom. The van der Waals surface area contributed by atoms with E-state index in [4.69, 9.17) is 5.73 Å². The summed E-state index contributed by atoms with van der Waals surface area (Å²) >= 11 is 0. The molecule has 4 N–H and O–H groups in total. The molecule has 0 saturated carbocycles. The maximum atomic E-state index is 12.7. The van der Waals surface area contributed by atoms with Gasteiger partial charge in [-0.2, -0.15) is 0 Å². The number of nitrogens with two attached hydrogens (primary N) is 1. The highest BCUT2D eigenvalue weighted by molar-refractivity contribution is 5.89. The van der Waals surface area contributed by atoms with Crippen molar-refractivity contribution in [1.29, 1.82) is 0 Å².